The van der Waals surface area contributed by atoms with Crippen molar-refractivity contribution in [3.63, 3.8) is 0 Å². The van der Waals surface area contributed by atoms with Crippen LogP contribution in [0.1, 0.15) is 5.56 Å². The van der Waals surface area contributed by atoms with E-state index in [2.05, 4.69) is 15.0 Å². The summed E-state index contributed by atoms with van der Waals surface area (Å²) in [4.78, 5) is 8.11. The first kappa shape index (κ1) is 15.7. The Labute approximate surface area is 144 Å². The van der Waals surface area contributed by atoms with Gasteiger partial charge in [-0.25, -0.2) is 18.4 Å². The first-order chi connectivity index (χ1) is 12.1. The predicted octanol–water partition coefficient (Wildman–Crippen LogP) is 3.13. The topological polar surface area (TPSA) is 37.2 Å². The Kier molecular flexibility index (Phi) is 3.93. The van der Waals surface area contributed by atoms with E-state index in [0.29, 0.717) is 12.2 Å². The molecule has 2 aromatic carbocycles. The lowest BCUT2D eigenvalue weighted by molar-refractivity contribution is 0.343. The van der Waals surface area contributed by atoms with Crippen molar-refractivity contribution in [1.29, 1.82) is 0 Å². The van der Waals surface area contributed by atoms with E-state index in [-0.39, 0.29) is 0 Å². The van der Waals surface area contributed by atoms with E-state index in [0.717, 1.165) is 36.1 Å². The van der Waals surface area contributed by atoms with Crippen LogP contribution in [0.3, 0.4) is 0 Å². The molecule has 0 radical (unpaired) electrons. The molecule has 0 saturated heterocycles. The molecule has 2 heterocycles. The summed E-state index contributed by atoms with van der Waals surface area (Å²) >= 11 is 0. The molecule has 4 rings (SSSR count). The summed E-state index contributed by atoms with van der Waals surface area (Å²) < 4.78 is 29.1. The van der Waals surface area contributed by atoms with E-state index in [1.807, 2.05) is 30.1 Å². The van der Waals surface area contributed by atoms with Gasteiger partial charge >= 0.3 is 0 Å². The second kappa shape index (κ2) is 6.25. The number of benzene rings is 2. The molecule has 1 aliphatic heterocycles. The monoisotopic (exact) mass is 341 g/mol. The number of nitrogens with zero attached hydrogens (tertiary/aromatic N) is 5. The molecular formula is C18H17F2N5. The Hall–Kier alpha value is -2.80. The van der Waals surface area contributed by atoms with Crippen LogP contribution in [0.25, 0.3) is 5.69 Å². The van der Waals surface area contributed by atoms with Gasteiger partial charge in [-0.3, -0.25) is 0 Å². The van der Waals surface area contributed by atoms with Crippen molar-refractivity contribution in [1.82, 2.24) is 19.7 Å². The highest BCUT2D eigenvalue weighted by atomic mass is 19.1. The molecule has 0 unspecified atom stereocenters. The van der Waals surface area contributed by atoms with Gasteiger partial charge < -0.3 is 9.80 Å². The maximum Gasteiger partial charge on any atom is 0.138 e. The van der Waals surface area contributed by atoms with E-state index in [1.54, 1.807) is 11.0 Å². The van der Waals surface area contributed by atoms with Crippen LogP contribution in [0.5, 0.6) is 0 Å². The third kappa shape index (κ3) is 3.10. The van der Waals surface area contributed by atoms with Gasteiger partial charge in [-0.2, -0.15) is 5.10 Å². The van der Waals surface area contributed by atoms with Crippen molar-refractivity contribution in [2.45, 2.75) is 6.54 Å². The Morgan fingerprint density at radius 3 is 2.48 bits per heavy atom. The summed E-state index contributed by atoms with van der Waals surface area (Å²) in [6, 6.07) is 9.56. The lowest BCUT2D eigenvalue weighted by atomic mass is 10.1. The minimum absolute atomic E-state index is 0.516. The smallest absolute Gasteiger partial charge is 0.138 e. The van der Waals surface area contributed by atoms with Gasteiger partial charge in [-0.15, -0.1) is 0 Å². The van der Waals surface area contributed by atoms with Gasteiger partial charge in [0.05, 0.1) is 5.69 Å². The predicted molar refractivity (Wildman–Crippen MR) is 91.1 cm³/mol. The maximum absolute atomic E-state index is 13.7. The molecule has 0 saturated carbocycles. The van der Waals surface area contributed by atoms with Crippen LogP contribution < -0.4 is 4.90 Å². The van der Waals surface area contributed by atoms with E-state index in [1.165, 1.54) is 18.5 Å². The molecule has 1 aromatic heterocycles. The highest BCUT2D eigenvalue weighted by Gasteiger charge is 2.21. The third-order valence-corrected chi connectivity index (χ3v) is 4.34. The van der Waals surface area contributed by atoms with Gasteiger partial charge in [0.25, 0.3) is 0 Å². The fraction of sp³-hybridized carbons (Fsp3) is 0.222. The number of aromatic nitrogens is 3. The normalized spacial score (nSPS) is 15.1. The standard InChI is InChI=1S/C18H17F2N5/c1-23-4-5-24(17-8-14(19)7-15(20)9-17)18-3-2-16(6-13(18)10-23)25-12-21-11-22-25/h2-3,6-9,11-12H,4-5,10H2,1H3. The Balaban J connectivity index is 1.81. The fourth-order valence-corrected chi connectivity index (χ4v) is 3.17. The van der Waals surface area contributed by atoms with Crippen LogP contribution in [0.4, 0.5) is 20.2 Å². The highest BCUT2D eigenvalue weighted by molar-refractivity contribution is 5.68. The number of anilines is 2. The summed E-state index contributed by atoms with van der Waals surface area (Å²) in [6.45, 7) is 2.17. The number of rotatable bonds is 2. The Morgan fingerprint density at radius 1 is 0.960 bits per heavy atom. The van der Waals surface area contributed by atoms with Gasteiger partial charge in [0.1, 0.15) is 24.3 Å². The van der Waals surface area contributed by atoms with Gasteiger partial charge in [0.15, 0.2) is 0 Å². The molecule has 5 nitrogen and oxygen atoms in total. The zero-order valence-electron chi connectivity index (χ0n) is 13.7. The quantitative estimate of drug-likeness (QED) is 0.718. The molecule has 25 heavy (non-hydrogen) atoms. The number of likely N-dealkylation sites (N-methyl/N-ethyl adjacent to an activating group) is 1. The molecule has 0 spiro atoms. The van der Waals surface area contributed by atoms with Crippen LogP contribution in [0.2, 0.25) is 0 Å². The number of fused-ring (bicyclic) bond motifs is 1. The van der Waals surface area contributed by atoms with Crippen LogP contribution in [0, 0.1) is 11.6 Å². The summed E-state index contributed by atoms with van der Waals surface area (Å²) in [5, 5.41) is 4.16. The molecule has 0 bridgehead atoms. The van der Waals surface area contributed by atoms with Crippen molar-refractivity contribution >= 4 is 11.4 Å². The largest absolute Gasteiger partial charge is 0.340 e. The van der Waals surface area contributed by atoms with Crippen molar-refractivity contribution in [3.05, 3.63) is 66.3 Å². The number of hydrogen-bond acceptors (Lipinski definition) is 4. The van der Waals surface area contributed by atoms with E-state index < -0.39 is 11.6 Å². The minimum Gasteiger partial charge on any atom is -0.340 e. The van der Waals surface area contributed by atoms with Crippen molar-refractivity contribution in [2.75, 3.05) is 25.0 Å². The zero-order valence-corrected chi connectivity index (χ0v) is 13.7. The number of hydrogen-bond donors (Lipinski definition) is 0. The maximum atomic E-state index is 13.7. The van der Waals surface area contributed by atoms with Crippen molar-refractivity contribution in [2.24, 2.45) is 0 Å². The fourth-order valence-electron chi connectivity index (χ4n) is 3.17. The molecule has 7 heteroatoms. The molecule has 0 N–H and O–H groups in total. The van der Waals surface area contributed by atoms with Crippen LogP contribution in [-0.2, 0) is 6.54 Å². The first-order valence-corrected chi connectivity index (χ1v) is 8.00. The average molecular weight is 341 g/mol. The molecule has 3 aromatic rings. The molecule has 0 atom stereocenters. The van der Waals surface area contributed by atoms with Crippen molar-refractivity contribution in [3.8, 4) is 5.69 Å². The lowest BCUT2D eigenvalue weighted by Crippen LogP contribution is -2.26. The molecule has 0 amide bonds. The summed E-state index contributed by atoms with van der Waals surface area (Å²) in [7, 11) is 2.03. The molecule has 0 fully saturated rings. The van der Waals surface area contributed by atoms with E-state index in [9.17, 15) is 8.78 Å². The van der Waals surface area contributed by atoms with Gasteiger partial charge in [0.2, 0.25) is 0 Å². The average Bonchev–Trinajstić information content (AvgIpc) is 3.04. The number of halogens is 2. The van der Waals surface area contributed by atoms with Crippen molar-refractivity contribution < 1.29 is 8.78 Å². The lowest BCUT2D eigenvalue weighted by Gasteiger charge is -2.25. The highest BCUT2D eigenvalue weighted by Crippen LogP contribution is 2.33. The summed E-state index contributed by atoms with van der Waals surface area (Å²) in [5.74, 6) is -1.15. The van der Waals surface area contributed by atoms with E-state index >= 15 is 0 Å². The molecule has 0 aliphatic carbocycles. The summed E-state index contributed by atoms with van der Waals surface area (Å²) in [5.41, 5.74) is 3.43. The second-order valence-corrected chi connectivity index (χ2v) is 6.17. The molecule has 128 valence electrons. The van der Waals surface area contributed by atoms with Gasteiger partial charge in [-0.1, -0.05) is 0 Å². The van der Waals surface area contributed by atoms with Crippen LogP contribution in [-0.4, -0.2) is 39.8 Å². The van der Waals surface area contributed by atoms with Gasteiger partial charge in [0, 0.05) is 37.1 Å². The van der Waals surface area contributed by atoms with E-state index in [4.69, 9.17) is 0 Å². The zero-order chi connectivity index (χ0) is 17.4. The minimum atomic E-state index is -0.576. The SMILES string of the molecule is CN1CCN(c2cc(F)cc(F)c2)c2ccc(-n3cncn3)cc2C1. The van der Waals surface area contributed by atoms with Gasteiger partial charge in [-0.05, 0) is 42.9 Å². The molecule has 1 aliphatic rings. The Bertz CT molecular complexity index is 874. The molecular weight excluding hydrogens is 324 g/mol. The summed E-state index contributed by atoms with van der Waals surface area (Å²) in [6.07, 6.45) is 3.13. The van der Waals surface area contributed by atoms with Crippen LogP contribution >= 0.6 is 0 Å². The third-order valence-electron chi connectivity index (χ3n) is 4.34. The van der Waals surface area contributed by atoms with Crippen LogP contribution in [0.15, 0.2) is 49.1 Å². The second-order valence-electron chi connectivity index (χ2n) is 6.17. The Morgan fingerprint density at radius 2 is 1.76 bits per heavy atom. The first-order valence-electron chi connectivity index (χ1n) is 8.00.